The van der Waals surface area contributed by atoms with Gasteiger partial charge in [-0.15, -0.1) is 0 Å². The summed E-state index contributed by atoms with van der Waals surface area (Å²) in [6.45, 7) is 4.02. The molecular formula is C17H18N2O4. The minimum absolute atomic E-state index is 0.0189. The molecule has 2 aromatic carbocycles. The molecule has 0 aliphatic heterocycles. The molecule has 0 bridgehead atoms. The van der Waals surface area contributed by atoms with Crippen LogP contribution >= 0.6 is 0 Å². The predicted molar refractivity (Wildman–Crippen MR) is 87.9 cm³/mol. The molecule has 1 N–H and O–H groups in total. The normalized spacial score (nSPS) is 11.6. The van der Waals surface area contributed by atoms with Gasteiger partial charge in [0.2, 0.25) is 0 Å². The van der Waals surface area contributed by atoms with Crippen LogP contribution in [-0.2, 0) is 0 Å². The van der Waals surface area contributed by atoms with E-state index in [2.05, 4.69) is 5.32 Å². The van der Waals surface area contributed by atoms with Crippen LogP contribution in [0.4, 0.5) is 11.4 Å². The smallest absolute Gasteiger partial charge is 0.269 e. The van der Waals surface area contributed by atoms with Gasteiger partial charge in [0, 0.05) is 23.4 Å². The molecule has 1 amide bonds. The van der Waals surface area contributed by atoms with Crippen molar-refractivity contribution < 1.29 is 14.5 Å². The number of rotatable bonds is 6. The lowest BCUT2D eigenvalue weighted by Gasteiger charge is -2.12. The van der Waals surface area contributed by atoms with Crippen LogP contribution in [0.3, 0.4) is 0 Å². The minimum atomic E-state index is -0.485. The molecule has 0 heterocycles. The molecule has 1 atom stereocenters. The first-order chi connectivity index (χ1) is 11.0. The van der Waals surface area contributed by atoms with Gasteiger partial charge in [0.25, 0.3) is 11.6 Å². The molecule has 0 saturated carbocycles. The van der Waals surface area contributed by atoms with E-state index in [1.807, 2.05) is 13.8 Å². The van der Waals surface area contributed by atoms with Crippen molar-refractivity contribution in [2.75, 3.05) is 5.32 Å². The Balaban J connectivity index is 2.01. The van der Waals surface area contributed by atoms with Gasteiger partial charge in [0.15, 0.2) is 0 Å². The lowest BCUT2D eigenvalue weighted by molar-refractivity contribution is -0.384. The Kier molecular flexibility index (Phi) is 5.30. The van der Waals surface area contributed by atoms with E-state index < -0.39 is 4.92 Å². The molecule has 6 nitrogen and oxygen atoms in total. The first-order valence-electron chi connectivity index (χ1n) is 7.32. The van der Waals surface area contributed by atoms with Crippen LogP contribution in [0.1, 0.15) is 30.6 Å². The first-order valence-corrected chi connectivity index (χ1v) is 7.32. The topological polar surface area (TPSA) is 81.5 Å². The summed E-state index contributed by atoms with van der Waals surface area (Å²) >= 11 is 0. The molecule has 23 heavy (non-hydrogen) atoms. The molecule has 2 aromatic rings. The Hall–Kier alpha value is -2.89. The number of carbonyl (C=O) groups excluding carboxylic acids is 1. The van der Waals surface area contributed by atoms with Crippen LogP contribution < -0.4 is 10.1 Å². The van der Waals surface area contributed by atoms with Gasteiger partial charge in [0.05, 0.1) is 11.0 Å². The van der Waals surface area contributed by atoms with Crippen molar-refractivity contribution in [1.82, 2.24) is 0 Å². The van der Waals surface area contributed by atoms with E-state index in [-0.39, 0.29) is 17.7 Å². The highest BCUT2D eigenvalue weighted by molar-refractivity contribution is 6.04. The Morgan fingerprint density at radius 3 is 2.30 bits per heavy atom. The summed E-state index contributed by atoms with van der Waals surface area (Å²) in [7, 11) is 0. The molecule has 0 aromatic heterocycles. The maximum absolute atomic E-state index is 12.1. The molecule has 0 unspecified atom stereocenters. The number of hydrogen-bond acceptors (Lipinski definition) is 4. The fraction of sp³-hybridized carbons (Fsp3) is 0.235. The summed E-state index contributed by atoms with van der Waals surface area (Å²) in [5.74, 6) is 0.431. The summed E-state index contributed by atoms with van der Waals surface area (Å²) in [4.78, 5) is 22.2. The van der Waals surface area contributed by atoms with Gasteiger partial charge in [0.1, 0.15) is 5.75 Å². The molecule has 0 spiro atoms. The second-order valence-electron chi connectivity index (χ2n) is 5.12. The maximum atomic E-state index is 12.1. The summed E-state index contributed by atoms with van der Waals surface area (Å²) < 4.78 is 5.66. The number of carbonyl (C=O) groups is 1. The highest BCUT2D eigenvalue weighted by Gasteiger charge is 2.09. The van der Waals surface area contributed by atoms with E-state index >= 15 is 0 Å². The molecule has 0 fully saturated rings. The number of nitro groups is 1. The molecule has 2 rings (SSSR count). The Morgan fingerprint density at radius 1 is 1.17 bits per heavy atom. The van der Waals surface area contributed by atoms with Crippen molar-refractivity contribution in [2.45, 2.75) is 26.4 Å². The molecular weight excluding hydrogens is 296 g/mol. The van der Waals surface area contributed by atoms with Gasteiger partial charge in [-0.2, -0.15) is 0 Å². The van der Waals surface area contributed by atoms with Crippen molar-refractivity contribution in [3.05, 3.63) is 64.2 Å². The monoisotopic (exact) mass is 314 g/mol. The summed E-state index contributed by atoms with van der Waals surface area (Å²) in [5.41, 5.74) is 0.968. The van der Waals surface area contributed by atoms with Gasteiger partial charge in [-0.3, -0.25) is 14.9 Å². The number of ether oxygens (including phenoxy) is 1. The zero-order chi connectivity index (χ0) is 16.8. The molecule has 120 valence electrons. The Labute approximate surface area is 134 Å². The van der Waals surface area contributed by atoms with E-state index in [1.54, 1.807) is 24.3 Å². The minimum Gasteiger partial charge on any atom is -0.491 e. The third-order valence-electron chi connectivity index (χ3n) is 3.36. The number of nitrogens with zero attached hydrogens (tertiary/aromatic N) is 1. The van der Waals surface area contributed by atoms with Crippen molar-refractivity contribution in [3.8, 4) is 5.75 Å². The van der Waals surface area contributed by atoms with E-state index in [9.17, 15) is 14.9 Å². The van der Waals surface area contributed by atoms with E-state index in [1.165, 1.54) is 24.3 Å². The van der Waals surface area contributed by atoms with Crippen molar-refractivity contribution >= 4 is 17.3 Å². The number of benzene rings is 2. The second-order valence-corrected chi connectivity index (χ2v) is 5.12. The molecule has 0 aliphatic rings. The Bertz CT molecular complexity index is 681. The summed E-state index contributed by atoms with van der Waals surface area (Å²) in [5, 5.41) is 13.3. The maximum Gasteiger partial charge on any atom is 0.269 e. The predicted octanol–water partition coefficient (Wildman–Crippen LogP) is 4.02. The van der Waals surface area contributed by atoms with Crippen LogP contribution in [0.25, 0.3) is 0 Å². The lowest BCUT2D eigenvalue weighted by atomic mass is 10.2. The van der Waals surface area contributed by atoms with Crippen LogP contribution in [0, 0.1) is 10.1 Å². The van der Waals surface area contributed by atoms with Crippen LogP contribution in [-0.4, -0.2) is 16.9 Å². The van der Waals surface area contributed by atoms with Gasteiger partial charge in [-0.25, -0.2) is 0 Å². The number of amides is 1. The molecule has 6 heteroatoms. The van der Waals surface area contributed by atoms with E-state index in [0.29, 0.717) is 17.0 Å². The highest BCUT2D eigenvalue weighted by Crippen LogP contribution is 2.18. The fourth-order valence-corrected chi connectivity index (χ4v) is 1.87. The number of nitro benzene ring substituents is 1. The summed E-state index contributed by atoms with van der Waals surface area (Å²) in [6, 6.07) is 12.5. The van der Waals surface area contributed by atoms with E-state index in [0.717, 1.165) is 6.42 Å². The average molecular weight is 314 g/mol. The van der Waals surface area contributed by atoms with Crippen molar-refractivity contribution in [1.29, 1.82) is 0 Å². The lowest BCUT2D eigenvalue weighted by Crippen LogP contribution is -2.12. The molecule has 0 saturated heterocycles. The third-order valence-corrected chi connectivity index (χ3v) is 3.36. The highest BCUT2D eigenvalue weighted by atomic mass is 16.6. The zero-order valence-electron chi connectivity index (χ0n) is 13.0. The quantitative estimate of drug-likeness (QED) is 0.645. The SMILES string of the molecule is CC[C@@H](C)Oc1ccc(C(=O)Nc2ccc([N+](=O)[O-])cc2)cc1. The van der Waals surface area contributed by atoms with E-state index in [4.69, 9.17) is 4.74 Å². The molecule has 0 radical (unpaired) electrons. The Morgan fingerprint density at radius 2 is 1.78 bits per heavy atom. The van der Waals surface area contributed by atoms with Crippen molar-refractivity contribution in [3.63, 3.8) is 0 Å². The zero-order valence-corrected chi connectivity index (χ0v) is 13.0. The number of hydrogen-bond donors (Lipinski definition) is 1. The fourth-order valence-electron chi connectivity index (χ4n) is 1.87. The van der Waals surface area contributed by atoms with Gasteiger partial charge in [-0.05, 0) is 49.7 Å². The number of non-ortho nitro benzene ring substituents is 1. The summed E-state index contributed by atoms with van der Waals surface area (Å²) in [6.07, 6.45) is 1.03. The molecule has 0 aliphatic carbocycles. The number of anilines is 1. The van der Waals surface area contributed by atoms with Crippen molar-refractivity contribution in [2.24, 2.45) is 0 Å². The van der Waals surface area contributed by atoms with Gasteiger partial charge in [-0.1, -0.05) is 6.92 Å². The average Bonchev–Trinajstić information content (AvgIpc) is 2.55. The van der Waals surface area contributed by atoms with Crippen LogP contribution in [0.5, 0.6) is 5.75 Å². The van der Waals surface area contributed by atoms with Gasteiger partial charge >= 0.3 is 0 Å². The third kappa shape index (κ3) is 4.54. The van der Waals surface area contributed by atoms with Crippen LogP contribution in [0.15, 0.2) is 48.5 Å². The van der Waals surface area contributed by atoms with Crippen LogP contribution in [0.2, 0.25) is 0 Å². The second kappa shape index (κ2) is 7.40. The largest absolute Gasteiger partial charge is 0.491 e. The standard InChI is InChI=1S/C17H18N2O4/c1-3-12(2)23-16-10-4-13(5-11-16)17(20)18-14-6-8-15(9-7-14)19(21)22/h4-12H,3H2,1-2H3,(H,18,20)/t12-/m1/s1. The van der Waals surface area contributed by atoms with Gasteiger partial charge < -0.3 is 10.1 Å². The number of nitrogens with one attached hydrogen (secondary N) is 1. The first kappa shape index (κ1) is 16.5.